The van der Waals surface area contributed by atoms with Gasteiger partial charge < -0.3 is 10.0 Å². The number of hydrogen-bond acceptors (Lipinski definition) is 3. The minimum Gasteiger partial charge on any atom is -0.385 e. The van der Waals surface area contributed by atoms with Gasteiger partial charge in [0, 0.05) is 28.4 Å². The largest absolute Gasteiger partial charge is 0.385 e. The van der Waals surface area contributed by atoms with Crippen LogP contribution in [0, 0.1) is 6.92 Å². The lowest BCUT2D eigenvalue weighted by molar-refractivity contribution is -0.0231. The van der Waals surface area contributed by atoms with Gasteiger partial charge in [-0.2, -0.15) is 0 Å². The number of carbonyl (C=O) groups excluding carboxylic acids is 1. The second-order valence-electron chi connectivity index (χ2n) is 7.60. The van der Waals surface area contributed by atoms with Gasteiger partial charge in [0.05, 0.1) is 5.60 Å². The molecule has 0 radical (unpaired) electrons. The summed E-state index contributed by atoms with van der Waals surface area (Å²) in [7, 11) is 0. The van der Waals surface area contributed by atoms with Crippen molar-refractivity contribution < 1.29 is 9.90 Å². The van der Waals surface area contributed by atoms with Crippen LogP contribution >= 0.6 is 11.8 Å². The molecule has 0 unspecified atom stereocenters. The van der Waals surface area contributed by atoms with Gasteiger partial charge in [-0.1, -0.05) is 65.9 Å². The molecule has 0 saturated carbocycles. The van der Waals surface area contributed by atoms with Crippen LogP contribution in [0.25, 0.3) is 0 Å². The van der Waals surface area contributed by atoms with E-state index in [9.17, 15) is 9.90 Å². The molecule has 1 aliphatic heterocycles. The maximum Gasteiger partial charge on any atom is 0.253 e. The minimum absolute atomic E-state index is 0.0370. The normalized spacial score (nSPS) is 15.9. The van der Waals surface area contributed by atoms with E-state index < -0.39 is 5.60 Å². The zero-order valence-corrected chi connectivity index (χ0v) is 17.4. The Labute approximate surface area is 176 Å². The monoisotopic (exact) mass is 403 g/mol. The molecule has 0 atom stereocenters. The molecule has 1 amide bonds. The van der Waals surface area contributed by atoms with Gasteiger partial charge in [-0.25, -0.2) is 0 Å². The zero-order valence-electron chi connectivity index (χ0n) is 16.5. The van der Waals surface area contributed by atoms with Gasteiger partial charge in [-0.05, 0) is 55.7 Å². The first kappa shape index (κ1) is 19.7. The number of carbonyl (C=O) groups is 1. The summed E-state index contributed by atoms with van der Waals surface area (Å²) in [6, 6.07) is 25.9. The van der Waals surface area contributed by atoms with Gasteiger partial charge in [-0.3, -0.25) is 4.79 Å². The van der Waals surface area contributed by atoms with Crippen LogP contribution in [0.2, 0.25) is 0 Å². The highest BCUT2D eigenvalue weighted by Crippen LogP contribution is 2.40. The highest BCUT2D eigenvalue weighted by molar-refractivity contribution is 7.99. The second-order valence-corrected chi connectivity index (χ2v) is 8.72. The van der Waals surface area contributed by atoms with Crippen LogP contribution in [-0.4, -0.2) is 29.0 Å². The van der Waals surface area contributed by atoms with Crippen molar-refractivity contribution in [1.29, 1.82) is 0 Å². The van der Waals surface area contributed by atoms with Crippen LogP contribution in [0.3, 0.4) is 0 Å². The Morgan fingerprint density at radius 2 is 1.52 bits per heavy atom. The Morgan fingerprint density at radius 1 is 0.897 bits per heavy atom. The Kier molecular flexibility index (Phi) is 5.74. The maximum atomic E-state index is 12.7. The summed E-state index contributed by atoms with van der Waals surface area (Å²) in [6.45, 7) is 3.18. The molecule has 29 heavy (non-hydrogen) atoms. The fraction of sp³-hybridized carbons (Fsp3) is 0.240. The second kappa shape index (κ2) is 8.44. The van der Waals surface area contributed by atoms with Crippen LogP contribution < -0.4 is 0 Å². The molecule has 3 aromatic rings. The van der Waals surface area contributed by atoms with E-state index in [2.05, 4.69) is 37.3 Å². The van der Waals surface area contributed by atoms with E-state index in [4.69, 9.17) is 0 Å². The number of aliphatic hydroxyl groups is 1. The number of nitrogens with zero attached hydrogens (tertiary/aromatic N) is 1. The fourth-order valence-electron chi connectivity index (χ4n) is 3.79. The summed E-state index contributed by atoms with van der Waals surface area (Å²) < 4.78 is 0. The first-order valence-electron chi connectivity index (χ1n) is 9.96. The molecule has 3 nitrogen and oxygen atoms in total. The van der Waals surface area contributed by atoms with Crippen molar-refractivity contribution in [3.8, 4) is 0 Å². The number of rotatable bonds is 4. The molecule has 0 bridgehead atoms. The quantitative estimate of drug-likeness (QED) is 0.645. The molecule has 1 aliphatic rings. The predicted molar refractivity (Wildman–Crippen MR) is 117 cm³/mol. The topological polar surface area (TPSA) is 40.5 Å². The predicted octanol–water partition coefficient (Wildman–Crippen LogP) is 5.27. The molecule has 0 aliphatic carbocycles. The Balaban J connectivity index is 1.51. The van der Waals surface area contributed by atoms with E-state index >= 15 is 0 Å². The molecule has 0 spiro atoms. The van der Waals surface area contributed by atoms with E-state index in [1.54, 1.807) is 11.8 Å². The molecule has 1 N–H and O–H groups in total. The summed E-state index contributed by atoms with van der Waals surface area (Å²) >= 11 is 1.68. The van der Waals surface area contributed by atoms with Crippen molar-refractivity contribution in [3.63, 3.8) is 0 Å². The molecule has 1 fully saturated rings. The molecule has 4 rings (SSSR count). The Hall–Kier alpha value is -2.56. The van der Waals surface area contributed by atoms with E-state index in [0.29, 0.717) is 31.5 Å². The van der Waals surface area contributed by atoms with Gasteiger partial charge in [0.15, 0.2) is 0 Å². The lowest BCUT2D eigenvalue weighted by Gasteiger charge is -2.39. The third-order valence-electron chi connectivity index (χ3n) is 5.54. The molecule has 1 heterocycles. The van der Waals surface area contributed by atoms with Crippen molar-refractivity contribution in [2.45, 2.75) is 35.2 Å². The van der Waals surface area contributed by atoms with Crippen LogP contribution in [0.5, 0.6) is 0 Å². The molecule has 1 saturated heterocycles. The SMILES string of the molecule is Cc1ccc(Sc2ccccc2C2(O)CCN(C(=O)c3ccccc3)CC2)cc1. The molecule has 0 aromatic heterocycles. The van der Waals surface area contributed by atoms with Gasteiger partial charge in [0.1, 0.15) is 0 Å². The van der Waals surface area contributed by atoms with E-state index in [-0.39, 0.29) is 5.91 Å². The maximum absolute atomic E-state index is 12.7. The summed E-state index contributed by atoms with van der Waals surface area (Å²) in [5.41, 5.74) is 1.98. The van der Waals surface area contributed by atoms with Crippen LogP contribution in [0.4, 0.5) is 0 Å². The number of amides is 1. The van der Waals surface area contributed by atoms with Crippen molar-refractivity contribution in [1.82, 2.24) is 4.90 Å². The summed E-state index contributed by atoms with van der Waals surface area (Å²) in [5.74, 6) is 0.0370. The highest BCUT2D eigenvalue weighted by Gasteiger charge is 2.37. The lowest BCUT2D eigenvalue weighted by atomic mass is 9.84. The first-order chi connectivity index (χ1) is 14.0. The summed E-state index contributed by atoms with van der Waals surface area (Å²) in [5, 5.41) is 11.5. The van der Waals surface area contributed by atoms with E-state index in [1.165, 1.54) is 5.56 Å². The third-order valence-corrected chi connectivity index (χ3v) is 6.62. The van der Waals surface area contributed by atoms with Crippen molar-refractivity contribution in [3.05, 3.63) is 95.6 Å². The first-order valence-corrected chi connectivity index (χ1v) is 10.8. The number of aryl methyl sites for hydroxylation is 1. The highest BCUT2D eigenvalue weighted by atomic mass is 32.2. The van der Waals surface area contributed by atoms with Gasteiger partial charge in [0.25, 0.3) is 5.91 Å². The number of piperidine rings is 1. The molecule has 148 valence electrons. The smallest absolute Gasteiger partial charge is 0.253 e. The Morgan fingerprint density at radius 3 is 2.21 bits per heavy atom. The average molecular weight is 404 g/mol. The molecule has 3 aromatic carbocycles. The van der Waals surface area contributed by atoms with Gasteiger partial charge in [0.2, 0.25) is 0 Å². The number of hydrogen-bond donors (Lipinski definition) is 1. The molecular weight excluding hydrogens is 378 g/mol. The number of likely N-dealkylation sites (tertiary alicyclic amines) is 1. The third kappa shape index (κ3) is 4.39. The van der Waals surface area contributed by atoms with Crippen molar-refractivity contribution in [2.75, 3.05) is 13.1 Å². The minimum atomic E-state index is -0.915. The standard InChI is InChI=1S/C25H25NO2S/c1-19-11-13-21(14-12-19)29-23-10-6-5-9-22(23)25(28)15-17-26(18-16-25)24(27)20-7-3-2-4-8-20/h2-14,28H,15-18H2,1H3. The number of benzene rings is 3. The zero-order chi connectivity index (χ0) is 20.3. The molecule has 4 heteroatoms. The van der Waals surface area contributed by atoms with E-state index in [1.807, 2.05) is 53.4 Å². The van der Waals surface area contributed by atoms with Crippen LogP contribution in [0.1, 0.15) is 34.3 Å². The fourth-order valence-corrected chi connectivity index (χ4v) is 4.83. The van der Waals surface area contributed by atoms with Crippen molar-refractivity contribution in [2.24, 2.45) is 0 Å². The van der Waals surface area contributed by atoms with E-state index in [0.717, 1.165) is 15.4 Å². The summed E-state index contributed by atoms with van der Waals surface area (Å²) in [6.07, 6.45) is 1.08. The summed E-state index contributed by atoms with van der Waals surface area (Å²) in [4.78, 5) is 16.8. The lowest BCUT2D eigenvalue weighted by Crippen LogP contribution is -2.45. The molecular formula is C25H25NO2S. The van der Waals surface area contributed by atoms with Gasteiger partial charge >= 0.3 is 0 Å². The van der Waals surface area contributed by atoms with Crippen LogP contribution in [0.15, 0.2) is 88.7 Å². The van der Waals surface area contributed by atoms with Crippen molar-refractivity contribution >= 4 is 17.7 Å². The van der Waals surface area contributed by atoms with Crippen LogP contribution in [-0.2, 0) is 5.60 Å². The average Bonchev–Trinajstić information content (AvgIpc) is 2.76. The Bertz CT molecular complexity index is 977. The van der Waals surface area contributed by atoms with Gasteiger partial charge in [-0.15, -0.1) is 0 Å².